The van der Waals surface area contributed by atoms with Gasteiger partial charge in [0.2, 0.25) is 5.91 Å². The van der Waals surface area contributed by atoms with Gasteiger partial charge in [-0.2, -0.15) is 0 Å². The van der Waals surface area contributed by atoms with Gasteiger partial charge in [0.15, 0.2) is 5.13 Å². The largest absolute Gasteiger partial charge is 0.326 e. The first-order valence-corrected chi connectivity index (χ1v) is 7.75. The Hall–Kier alpha value is -2.80. The van der Waals surface area contributed by atoms with Gasteiger partial charge in [-0.3, -0.25) is 4.79 Å². The minimum atomic E-state index is -0.340. The summed E-state index contributed by atoms with van der Waals surface area (Å²) in [6, 6.07) is 11.2. The Bertz CT molecular complexity index is 789. The van der Waals surface area contributed by atoms with Crippen LogP contribution in [0.4, 0.5) is 21.0 Å². The van der Waals surface area contributed by atoms with E-state index in [-0.39, 0.29) is 18.1 Å². The predicted octanol–water partition coefficient (Wildman–Crippen LogP) is 3.60. The summed E-state index contributed by atoms with van der Waals surface area (Å²) < 4.78 is 12.8. The molecule has 116 valence electrons. The minimum absolute atomic E-state index is 0.151. The van der Waals surface area contributed by atoms with Crippen LogP contribution >= 0.6 is 11.3 Å². The number of amides is 1. The normalized spacial score (nSPS) is 10.3. The molecule has 0 aliphatic heterocycles. The van der Waals surface area contributed by atoms with E-state index in [4.69, 9.17) is 0 Å². The van der Waals surface area contributed by atoms with Gasteiger partial charge in [0.1, 0.15) is 11.6 Å². The first kappa shape index (κ1) is 15.1. The standard InChI is InChI=1S/C16H13FN4OS/c17-11-4-6-12(7-5-11)19-15(22)9-13-10-23-16(20-13)21-14-3-1-2-8-18-14/h1-8,10H,9H2,(H,19,22)(H,18,20,21). The van der Waals surface area contributed by atoms with Crippen molar-refractivity contribution < 1.29 is 9.18 Å². The third-order valence-corrected chi connectivity index (χ3v) is 3.73. The molecule has 3 aromatic rings. The van der Waals surface area contributed by atoms with Gasteiger partial charge >= 0.3 is 0 Å². The van der Waals surface area contributed by atoms with E-state index in [1.807, 2.05) is 23.6 Å². The molecule has 23 heavy (non-hydrogen) atoms. The maximum absolute atomic E-state index is 12.8. The molecule has 1 amide bonds. The van der Waals surface area contributed by atoms with E-state index in [0.717, 1.165) is 0 Å². The number of carbonyl (C=O) groups is 1. The molecule has 0 saturated carbocycles. The molecule has 7 heteroatoms. The lowest BCUT2D eigenvalue weighted by molar-refractivity contribution is -0.115. The number of hydrogen-bond donors (Lipinski definition) is 2. The highest BCUT2D eigenvalue weighted by atomic mass is 32.1. The number of carbonyl (C=O) groups excluding carboxylic acids is 1. The van der Waals surface area contributed by atoms with Crippen LogP contribution in [0.2, 0.25) is 0 Å². The van der Waals surface area contributed by atoms with Crippen molar-refractivity contribution >= 4 is 33.9 Å². The number of halogens is 1. The van der Waals surface area contributed by atoms with Gasteiger partial charge < -0.3 is 10.6 Å². The van der Waals surface area contributed by atoms with E-state index in [1.165, 1.54) is 35.6 Å². The molecule has 2 N–H and O–H groups in total. The highest BCUT2D eigenvalue weighted by Crippen LogP contribution is 2.20. The van der Waals surface area contributed by atoms with E-state index in [2.05, 4.69) is 20.6 Å². The van der Waals surface area contributed by atoms with Crippen molar-refractivity contribution in [3.8, 4) is 0 Å². The molecule has 2 aromatic heterocycles. The zero-order chi connectivity index (χ0) is 16.1. The zero-order valence-corrected chi connectivity index (χ0v) is 12.8. The maximum atomic E-state index is 12.8. The van der Waals surface area contributed by atoms with E-state index < -0.39 is 0 Å². The van der Waals surface area contributed by atoms with Crippen molar-refractivity contribution in [1.82, 2.24) is 9.97 Å². The second-order valence-corrected chi connectivity index (χ2v) is 5.57. The van der Waals surface area contributed by atoms with E-state index in [0.29, 0.717) is 22.3 Å². The molecule has 0 unspecified atom stereocenters. The Balaban J connectivity index is 1.58. The van der Waals surface area contributed by atoms with Gasteiger partial charge in [0.05, 0.1) is 12.1 Å². The van der Waals surface area contributed by atoms with Crippen LogP contribution in [0, 0.1) is 5.82 Å². The van der Waals surface area contributed by atoms with Crippen LogP contribution in [0.5, 0.6) is 0 Å². The lowest BCUT2D eigenvalue weighted by atomic mass is 10.3. The highest BCUT2D eigenvalue weighted by molar-refractivity contribution is 7.13. The molecular formula is C16H13FN4OS. The summed E-state index contributed by atoms with van der Waals surface area (Å²) in [7, 11) is 0. The first-order chi connectivity index (χ1) is 11.2. The maximum Gasteiger partial charge on any atom is 0.230 e. The molecule has 0 atom stereocenters. The molecule has 0 aliphatic carbocycles. The van der Waals surface area contributed by atoms with E-state index in [1.54, 1.807) is 6.20 Å². The number of benzene rings is 1. The Labute approximate surface area is 136 Å². The summed E-state index contributed by atoms with van der Waals surface area (Å²) in [5.41, 5.74) is 1.21. The SMILES string of the molecule is O=C(Cc1csc(Nc2ccccn2)n1)Nc1ccc(F)cc1. The Morgan fingerprint density at radius 3 is 2.74 bits per heavy atom. The molecule has 0 aliphatic rings. The van der Waals surface area contributed by atoms with Gasteiger partial charge in [-0.05, 0) is 36.4 Å². The Morgan fingerprint density at radius 2 is 2.00 bits per heavy atom. The molecule has 2 heterocycles. The Morgan fingerprint density at radius 1 is 1.17 bits per heavy atom. The van der Waals surface area contributed by atoms with Crippen LogP contribution in [0.15, 0.2) is 54.0 Å². The van der Waals surface area contributed by atoms with Crippen molar-refractivity contribution in [3.05, 3.63) is 65.6 Å². The fourth-order valence-electron chi connectivity index (χ4n) is 1.89. The molecule has 0 fully saturated rings. The quantitative estimate of drug-likeness (QED) is 0.751. The van der Waals surface area contributed by atoms with Crippen LogP contribution in [-0.4, -0.2) is 15.9 Å². The molecule has 1 aromatic carbocycles. The Kier molecular flexibility index (Phi) is 4.58. The monoisotopic (exact) mass is 328 g/mol. The molecule has 0 spiro atoms. The van der Waals surface area contributed by atoms with Crippen LogP contribution in [0.3, 0.4) is 0 Å². The van der Waals surface area contributed by atoms with Crippen molar-refractivity contribution in [2.45, 2.75) is 6.42 Å². The molecule has 0 saturated heterocycles. The number of aromatic nitrogens is 2. The molecular weight excluding hydrogens is 315 g/mol. The van der Waals surface area contributed by atoms with Crippen LogP contribution < -0.4 is 10.6 Å². The molecule has 3 rings (SSSR count). The third-order valence-electron chi connectivity index (χ3n) is 2.92. The van der Waals surface area contributed by atoms with Crippen LogP contribution in [0.1, 0.15) is 5.69 Å². The zero-order valence-electron chi connectivity index (χ0n) is 12.0. The number of pyridine rings is 1. The number of nitrogens with zero attached hydrogens (tertiary/aromatic N) is 2. The lowest BCUT2D eigenvalue weighted by Crippen LogP contribution is -2.14. The van der Waals surface area contributed by atoms with Gasteiger partial charge in [-0.1, -0.05) is 6.07 Å². The minimum Gasteiger partial charge on any atom is -0.326 e. The number of rotatable bonds is 5. The first-order valence-electron chi connectivity index (χ1n) is 6.87. The number of nitrogens with one attached hydrogen (secondary N) is 2. The lowest BCUT2D eigenvalue weighted by Gasteiger charge is -2.03. The number of hydrogen-bond acceptors (Lipinski definition) is 5. The fourth-order valence-corrected chi connectivity index (χ4v) is 2.61. The average molecular weight is 328 g/mol. The fraction of sp³-hybridized carbons (Fsp3) is 0.0625. The van der Waals surface area contributed by atoms with Gasteiger partial charge in [0.25, 0.3) is 0 Å². The van der Waals surface area contributed by atoms with Crippen LogP contribution in [-0.2, 0) is 11.2 Å². The molecule has 5 nitrogen and oxygen atoms in total. The number of anilines is 3. The van der Waals surface area contributed by atoms with Crippen molar-refractivity contribution in [2.75, 3.05) is 10.6 Å². The summed E-state index contributed by atoms with van der Waals surface area (Å²) in [5.74, 6) is 0.156. The summed E-state index contributed by atoms with van der Waals surface area (Å²) in [6.07, 6.45) is 1.84. The topological polar surface area (TPSA) is 66.9 Å². The summed E-state index contributed by atoms with van der Waals surface area (Å²) >= 11 is 1.40. The summed E-state index contributed by atoms with van der Waals surface area (Å²) in [6.45, 7) is 0. The van der Waals surface area contributed by atoms with Crippen molar-refractivity contribution in [3.63, 3.8) is 0 Å². The molecule has 0 bridgehead atoms. The van der Waals surface area contributed by atoms with E-state index in [9.17, 15) is 9.18 Å². The van der Waals surface area contributed by atoms with Crippen molar-refractivity contribution in [2.24, 2.45) is 0 Å². The second-order valence-electron chi connectivity index (χ2n) is 4.72. The average Bonchev–Trinajstić information content (AvgIpc) is 2.97. The van der Waals surface area contributed by atoms with E-state index >= 15 is 0 Å². The van der Waals surface area contributed by atoms with Crippen LogP contribution in [0.25, 0.3) is 0 Å². The second kappa shape index (κ2) is 6.97. The summed E-state index contributed by atoms with van der Waals surface area (Å²) in [4.78, 5) is 20.5. The van der Waals surface area contributed by atoms with Gasteiger partial charge in [-0.25, -0.2) is 14.4 Å². The summed E-state index contributed by atoms with van der Waals surface area (Å²) in [5, 5.41) is 8.27. The number of thiazole rings is 1. The predicted molar refractivity (Wildman–Crippen MR) is 88.4 cm³/mol. The third kappa shape index (κ3) is 4.33. The highest BCUT2D eigenvalue weighted by Gasteiger charge is 2.08. The smallest absolute Gasteiger partial charge is 0.230 e. The van der Waals surface area contributed by atoms with Gasteiger partial charge in [0, 0.05) is 17.3 Å². The molecule has 0 radical (unpaired) electrons. The van der Waals surface area contributed by atoms with Gasteiger partial charge in [-0.15, -0.1) is 11.3 Å². The van der Waals surface area contributed by atoms with Crippen molar-refractivity contribution in [1.29, 1.82) is 0 Å².